The summed E-state index contributed by atoms with van der Waals surface area (Å²) >= 11 is 0. The van der Waals surface area contributed by atoms with E-state index in [0.29, 0.717) is 11.3 Å². The van der Waals surface area contributed by atoms with Crippen molar-refractivity contribution in [2.75, 3.05) is 0 Å². The zero-order valence-corrected chi connectivity index (χ0v) is 9.50. The monoisotopic (exact) mass is 213 g/mol. The maximum absolute atomic E-state index is 12.0. The number of sulfone groups is 1. The summed E-state index contributed by atoms with van der Waals surface area (Å²) in [4.78, 5) is 4.12. The van der Waals surface area contributed by atoms with E-state index in [1.165, 1.54) is 6.20 Å². The van der Waals surface area contributed by atoms with Gasteiger partial charge in [-0.15, -0.1) is 0 Å². The molecule has 0 aliphatic heterocycles. The lowest BCUT2D eigenvalue weighted by Crippen LogP contribution is -2.31. The first-order chi connectivity index (χ1) is 6.42. The lowest BCUT2D eigenvalue weighted by molar-refractivity contribution is 0.538. The largest absolute Gasteiger partial charge is 0.263 e. The quantitative estimate of drug-likeness (QED) is 0.772. The van der Waals surface area contributed by atoms with Gasteiger partial charge in [0.2, 0.25) is 0 Å². The summed E-state index contributed by atoms with van der Waals surface area (Å²) in [6, 6.07) is 3.22. The van der Waals surface area contributed by atoms with Crippen molar-refractivity contribution < 1.29 is 8.42 Å². The van der Waals surface area contributed by atoms with Crippen LogP contribution in [-0.2, 0) is 9.84 Å². The third-order valence-electron chi connectivity index (χ3n) is 2.52. The van der Waals surface area contributed by atoms with Gasteiger partial charge in [-0.1, -0.05) is 6.92 Å². The molecule has 1 heterocycles. The molecule has 0 aliphatic rings. The van der Waals surface area contributed by atoms with E-state index >= 15 is 0 Å². The van der Waals surface area contributed by atoms with Crippen LogP contribution in [0.4, 0.5) is 0 Å². The molecule has 78 valence electrons. The van der Waals surface area contributed by atoms with Crippen molar-refractivity contribution in [2.24, 2.45) is 0 Å². The molecule has 1 aromatic rings. The normalized spacial score (nSPS) is 12.8. The van der Waals surface area contributed by atoms with Gasteiger partial charge in [-0.2, -0.15) is 0 Å². The van der Waals surface area contributed by atoms with Crippen molar-refractivity contribution in [3.05, 3.63) is 24.5 Å². The highest BCUT2D eigenvalue weighted by molar-refractivity contribution is 7.92. The SMILES string of the molecule is CCC(C)(C)S(=O)(=O)c1cccnc1. The summed E-state index contributed by atoms with van der Waals surface area (Å²) in [6.07, 6.45) is 3.55. The van der Waals surface area contributed by atoms with Crippen molar-refractivity contribution in [3.63, 3.8) is 0 Å². The summed E-state index contributed by atoms with van der Waals surface area (Å²) in [5.41, 5.74) is 0. The molecule has 0 spiro atoms. The average Bonchev–Trinajstić information content (AvgIpc) is 2.19. The number of hydrogen-bond donors (Lipinski definition) is 0. The maximum atomic E-state index is 12.0. The molecule has 0 fully saturated rings. The molecule has 0 saturated heterocycles. The molecule has 0 aliphatic carbocycles. The zero-order chi connectivity index (χ0) is 10.8. The number of hydrogen-bond acceptors (Lipinski definition) is 3. The minimum atomic E-state index is -3.25. The van der Waals surface area contributed by atoms with Gasteiger partial charge in [0.25, 0.3) is 0 Å². The number of pyridine rings is 1. The summed E-state index contributed by atoms with van der Waals surface area (Å²) in [6.45, 7) is 5.33. The fourth-order valence-corrected chi connectivity index (χ4v) is 2.49. The van der Waals surface area contributed by atoms with Gasteiger partial charge >= 0.3 is 0 Å². The van der Waals surface area contributed by atoms with E-state index in [2.05, 4.69) is 4.98 Å². The molecule has 4 heteroatoms. The predicted molar refractivity (Wildman–Crippen MR) is 55.8 cm³/mol. The second-order valence-corrected chi connectivity index (χ2v) is 6.39. The van der Waals surface area contributed by atoms with Crippen LogP contribution in [0.5, 0.6) is 0 Å². The standard InChI is InChI=1S/C10H15NO2S/c1-4-10(2,3)14(12,13)9-6-5-7-11-8-9/h5-8H,4H2,1-3H3. The van der Waals surface area contributed by atoms with Gasteiger partial charge < -0.3 is 0 Å². The first-order valence-corrected chi connectivity index (χ1v) is 6.05. The Hall–Kier alpha value is -0.900. The van der Waals surface area contributed by atoms with Crippen molar-refractivity contribution >= 4 is 9.84 Å². The maximum Gasteiger partial charge on any atom is 0.185 e. The second kappa shape index (κ2) is 3.69. The minimum Gasteiger partial charge on any atom is -0.263 e. The van der Waals surface area contributed by atoms with Gasteiger partial charge in [0.1, 0.15) is 0 Å². The van der Waals surface area contributed by atoms with Crippen molar-refractivity contribution in [1.82, 2.24) is 4.98 Å². The lowest BCUT2D eigenvalue weighted by Gasteiger charge is -2.22. The Morgan fingerprint density at radius 1 is 1.43 bits per heavy atom. The van der Waals surface area contributed by atoms with Gasteiger partial charge in [0, 0.05) is 12.4 Å². The second-order valence-electron chi connectivity index (χ2n) is 3.81. The Morgan fingerprint density at radius 2 is 2.07 bits per heavy atom. The molecule has 14 heavy (non-hydrogen) atoms. The Labute approximate surface area is 85.1 Å². The van der Waals surface area contributed by atoms with E-state index in [1.54, 1.807) is 32.2 Å². The fourth-order valence-electron chi connectivity index (χ4n) is 1.02. The third kappa shape index (κ3) is 1.80. The topological polar surface area (TPSA) is 47.0 Å². The smallest absolute Gasteiger partial charge is 0.185 e. The average molecular weight is 213 g/mol. The summed E-state index contributed by atoms with van der Waals surface area (Å²) in [7, 11) is -3.25. The highest BCUT2D eigenvalue weighted by Crippen LogP contribution is 2.27. The molecule has 0 unspecified atom stereocenters. The first-order valence-electron chi connectivity index (χ1n) is 4.56. The van der Waals surface area contributed by atoms with Gasteiger partial charge in [0.15, 0.2) is 9.84 Å². The van der Waals surface area contributed by atoms with Gasteiger partial charge in [-0.3, -0.25) is 4.98 Å². The predicted octanol–water partition coefficient (Wildman–Crippen LogP) is 2.04. The zero-order valence-electron chi connectivity index (χ0n) is 8.69. The van der Waals surface area contributed by atoms with Crippen LogP contribution in [0, 0.1) is 0 Å². The van der Waals surface area contributed by atoms with Crippen LogP contribution < -0.4 is 0 Å². The van der Waals surface area contributed by atoms with E-state index in [9.17, 15) is 8.42 Å². The summed E-state index contributed by atoms with van der Waals surface area (Å²) < 4.78 is 23.4. The molecule has 0 atom stereocenters. The molecule has 3 nitrogen and oxygen atoms in total. The molecule has 0 radical (unpaired) electrons. The Kier molecular flexibility index (Phi) is 2.95. The van der Waals surface area contributed by atoms with E-state index < -0.39 is 14.6 Å². The van der Waals surface area contributed by atoms with Gasteiger partial charge in [-0.25, -0.2) is 8.42 Å². The number of rotatable bonds is 3. The molecule has 1 aromatic heterocycles. The molecule has 0 aromatic carbocycles. The van der Waals surface area contributed by atoms with E-state index in [0.717, 1.165) is 0 Å². The Morgan fingerprint density at radius 3 is 2.50 bits per heavy atom. The van der Waals surface area contributed by atoms with Crippen LogP contribution in [-0.4, -0.2) is 18.1 Å². The van der Waals surface area contributed by atoms with E-state index in [-0.39, 0.29) is 0 Å². The summed E-state index contributed by atoms with van der Waals surface area (Å²) in [5.74, 6) is 0. The molecule has 0 bridgehead atoms. The molecular formula is C10H15NO2S. The number of aromatic nitrogens is 1. The molecule has 0 N–H and O–H groups in total. The molecule has 0 amide bonds. The highest BCUT2D eigenvalue weighted by Gasteiger charge is 2.33. The minimum absolute atomic E-state index is 0.298. The summed E-state index contributed by atoms with van der Waals surface area (Å²) in [5, 5.41) is 0. The van der Waals surface area contributed by atoms with Crippen molar-refractivity contribution in [1.29, 1.82) is 0 Å². The van der Waals surface area contributed by atoms with Crippen LogP contribution in [0.25, 0.3) is 0 Å². The van der Waals surface area contributed by atoms with Crippen LogP contribution in [0.2, 0.25) is 0 Å². The van der Waals surface area contributed by atoms with Crippen LogP contribution >= 0.6 is 0 Å². The van der Waals surface area contributed by atoms with E-state index in [4.69, 9.17) is 0 Å². The van der Waals surface area contributed by atoms with Crippen LogP contribution in [0.15, 0.2) is 29.4 Å². The van der Waals surface area contributed by atoms with Gasteiger partial charge in [-0.05, 0) is 32.4 Å². The molecule has 0 saturated carbocycles. The lowest BCUT2D eigenvalue weighted by atomic mass is 10.1. The molecule has 1 rings (SSSR count). The van der Waals surface area contributed by atoms with Crippen LogP contribution in [0.1, 0.15) is 27.2 Å². The van der Waals surface area contributed by atoms with Gasteiger partial charge in [0.05, 0.1) is 9.64 Å². The third-order valence-corrected chi connectivity index (χ3v) is 5.13. The fraction of sp³-hybridized carbons (Fsp3) is 0.500. The Balaban J connectivity index is 3.23. The number of nitrogens with zero attached hydrogens (tertiary/aromatic N) is 1. The first kappa shape index (κ1) is 11.2. The van der Waals surface area contributed by atoms with Crippen molar-refractivity contribution in [2.45, 2.75) is 36.8 Å². The highest BCUT2D eigenvalue weighted by atomic mass is 32.2. The van der Waals surface area contributed by atoms with Crippen LogP contribution in [0.3, 0.4) is 0 Å². The molecular weight excluding hydrogens is 198 g/mol. The van der Waals surface area contributed by atoms with Crippen molar-refractivity contribution in [3.8, 4) is 0 Å². The van der Waals surface area contributed by atoms with E-state index in [1.807, 2.05) is 6.92 Å². The Bertz CT molecular complexity index is 395.